The summed E-state index contributed by atoms with van der Waals surface area (Å²) in [5, 5.41) is 0. The van der Waals surface area contributed by atoms with Gasteiger partial charge >= 0.3 is 5.69 Å². The number of rotatable bonds is 6. The monoisotopic (exact) mass is 256 g/mol. The Morgan fingerprint density at radius 3 is 2.67 bits per heavy atom. The van der Waals surface area contributed by atoms with Gasteiger partial charge in [0, 0.05) is 27.2 Å². The minimum Gasteiger partial charge on any atom is -0.383 e. The second kappa shape index (κ2) is 6.25. The normalized spacial score (nSPS) is 10.6. The number of nitrogens with two attached hydrogens (primary N) is 1. The van der Waals surface area contributed by atoms with E-state index in [9.17, 15) is 9.59 Å². The highest BCUT2D eigenvalue weighted by Gasteiger charge is 2.15. The highest BCUT2D eigenvalue weighted by Crippen LogP contribution is 2.14. The largest absolute Gasteiger partial charge is 0.383 e. The summed E-state index contributed by atoms with van der Waals surface area (Å²) in [6.45, 7) is 3.41. The number of aromatic amines is 1. The van der Waals surface area contributed by atoms with Gasteiger partial charge < -0.3 is 15.4 Å². The number of hydrogen-bond acceptors (Lipinski definition) is 5. The van der Waals surface area contributed by atoms with E-state index in [2.05, 4.69) is 4.98 Å². The van der Waals surface area contributed by atoms with Gasteiger partial charge in [0.25, 0.3) is 5.56 Å². The van der Waals surface area contributed by atoms with Gasteiger partial charge in [0.05, 0.1) is 6.61 Å². The second-order valence-corrected chi connectivity index (χ2v) is 4.06. The van der Waals surface area contributed by atoms with Crippen molar-refractivity contribution >= 4 is 11.5 Å². The number of nitrogens with zero attached hydrogens (tertiary/aromatic N) is 2. The molecule has 0 radical (unpaired) electrons. The number of ether oxygens (including phenoxy) is 1. The third-order valence-electron chi connectivity index (χ3n) is 2.67. The van der Waals surface area contributed by atoms with Crippen LogP contribution in [0.3, 0.4) is 0 Å². The van der Waals surface area contributed by atoms with Gasteiger partial charge in [-0.05, 0) is 6.42 Å². The lowest BCUT2D eigenvalue weighted by Gasteiger charge is -2.21. The highest BCUT2D eigenvalue weighted by atomic mass is 16.5. The number of likely N-dealkylation sites (N-methyl/N-ethyl adjacent to an activating group) is 1. The maximum Gasteiger partial charge on any atom is 0.330 e. The lowest BCUT2D eigenvalue weighted by Crippen LogP contribution is -2.38. The van der Waals surface area contributed by atoms with Crippen LogP contribution in [0, 0.1) is 0 Å². The number of nitrogens with one attached hydrogen (secondary N) is 1. The molecule has 1 aromatic heterocycles. The van der Waals surface area contributed by atoms with Crippen molar-refractivity contribution in [3.05, 3.63) is 20.8 Å². The van der Waals surface area contributed by atoms with E-state index in [1.54, 1.807) is 19.1 Å². The first-order chi connectivity index (χ1) is 8.52. The predicted octanol–water partition coefficient (Wildman–Crippen LogP) is -0.389. The lowest BCUT2D eigenvalue weighted by atomic mass is 10.3. The number of H-pyrrole nitrogens is 1. The first kappa shape index (κ1) is 14.3. The molecular weight excluding hydrogens is 236 g/mol. The van der Waals surface area contributed by atoms with E-state index in [1.807, 2.05) is 6.92 Å². The second-order valence-electron chi connectivity index (χ2n) is 4.06. The van der Waals surface area contributed by atoms with Crippen molar-refractivity contribution in [1.29, 1.82) is 0 Å². The Balaban J connectivity index is 3.22. The molecule has 0 fully saturated rings. The van der Waals surface area contributed by atoms with Gasteiger partial charge in [-0.1, -0.05) is 6.92 Å². The maximum atomic E-state index is 11.8. The molecule has 0 bridgehead atoms. The molecule has 1 heterocycles. The molecule has 0 saturated carbocycles. The average molecular weight is 256 g/mol. The van der Waals surface area contributed by atoms with Crippen molar-refractivity contribution in [2.75, 3.05) is 37.9 Å². The van der Waals surface area contributed by atoms with Gasteiger partial charge in [-0.25, -0.2) is 4.79 Å². The third kappa shape index (κ3) is 2.92. The van der Waals surface area contributed by atoms with E-state index >= 15 is 0 Å². The molecule has 0 saturated heterocycles. The fraction of sp³-hybridized carbons (Fsp3) is 0.636. The van der Waals surface area contributed by atoms with Crippen molar-refractivity contribution in [3.63, 3.8) is 0 Å². The summed E-state index contributed by atoms with van der Waals surface area (Å²) >= 11 is 0. The van der Waals surface area contributed by atoms with E-state index in [4.69, 9.17) is 10.5 Å². The van der Waals surface area contributed by atoms with Crippen LogP contribution in [-0.2, 0) is 11.3 Å². The van der Waals surface area contributed by atoms with Gasteiger partial charge in [-0.3, -0.25) is 14.3 Å². The van der Waals surface area contributed by atoms with E-state index in [0.29, 0.717) is 25.4 Å². The van der Waals surface area contributed by atoms with Crippen LogP contribution in [-0.4, -0.2) is 36.9 Å². The Hall–Kier alpha value is -1.76. The highest BCUT2D eigenvalue weighted by molar-refractivity contribution is 5.61. The average Bonchev–Trinajstić information content (AvgIpc) is 2.31. The molecule has 18 heavy (non-hydrogen) atoms. The Morgan fingerprint density at radius 2 is 2.11 bits per heavy atom. The van der Waals surface area contributed by atoms with Crippen molar-refractivity contribution < 1.29 is 4.74 Å². The topological polar surface area (TPSA) is 93.3 Å². The Morgan fingerprint density at radius 1 is 1.44 bits per heavy atom. The molecule has 0 aromatic carbocycles. The molecule has 7 nitrogen and oxygen atoms in total. The van der Waals surface area contributed by atoms with Crippen molar-refractivity contribution in [2.24, 2.45) is 0 Å². The van der Waals surface area contributed by atoms with Crippen molar-refractivity contribution in [1.82, 2.24) is 9.55 Å². The maximum absolute atomic E-state index is 11.8. The number of methoxy groups -OCH3 is 1. The van der Waals surface area contributed by atoms with Crippen molar-refractivity contribution in [3.8, 4) is 0 Å². The minimum atomic E-state index is -0.469. The fourth-order valence-electron chi connectivity index (χ4n) is 1.73. The first-order valence-electron chi connectivity index (χ1n) is 5.85. The Kier molecular flexibility index (Phi) is 4.96. The summed E-state index contributed by atoms with van der Waals surface area (Å²) in [5.74, 6) is 0.198. The number of anilines is 2. The van der Waals surface area contributed by atoms with Crippen LogP contribution in [0.25, 0.3) is 0 Å². The van der Waals surface area contributed by atoms with Crippen LogP contribution >= 0.6 is 0 Å². The van der Waals surface area contributed by atoms with Gasteiger partial charge in [0.15, 0.2) is 0 Å². The van der Waals surface area contributed by atoms with Crippen LogP contribution in [0.5, 0.6) is 0 Å². The number of nitrogen functional groups attached to an aromatic ring is 1. The lowest BCUT2D eigenvalue weighted by molar-refractivity contribution is 0.206. The van der Waals surface area contributed by atoms with Gasteiger partial charge in [-0.15, -0.1) is 0 Å². The molecule has 3 N–H and O–H groups in total. The molecule has 1 aromatic rings. The van der Waals surface area contributed by atoms with Crippen LogP contribution in [0.2, 0.25) is 0 Å². The van der Waals surface area contributed by atoms with Crippen LogP contribution < -0.4 is 21.9 Å². The van der Waals surface area contributed by atoms with E-state index in [0.717, 1.165) is 6.42 Å². The number of aromatic nitrogens is 2. The van der Waals surface area contributed by atoms with Crippen LogP contribution in [0.4, 0.5) is 11.5 Å². The first-order valence-corrected chi connectivity index (χ1v) is 5.85. The molecule has 0 amide bonds. The number of hydrogen-bond donors (Lipinski definition) is 2. The van der Waals surface area contributed by atoms with Gasteiger partial charge in [0.1, 0.15) is 11.5 Å². The molecule has 0 aliphatic carbocycles. The van der Waals surface area contributed by atoms with E-state index in [1.165, 1.54) is 4.57 Å². The summed E-state index contributed by atoms with van der Waals surface area (Å²) in [5.41, 5.74) is 5.27. The molecule has 0 spiro atoms. The van der Waals surface area contributed by atoms with Crippen LogP contribution in [0.15, 0.2) is 9.59 Å². The molecule has 7 heteroatoms. The summed E-state index contributed by atoms with van der Waals surface area (Å²) in [6, 6.07) is 0. The SMILES string of the molecule is CCCn1c(N)c(N(C)CCOC)c(=O)[nH]c1=O. The molecule has 0 aliphatic heterocycles. The molecule has 0 aliphatic rings. The summed E-state index contributed by atoms with van der Waals surface area (Å²) in [6.07, 6.45) is 0.761. The summed E-state index contributed by atoms with van der Waals surface area (Å²) in [7, 11) is 3.32. The quantitative estimate of drug-likeness (QED) is 0.723. The zero-order valence-corrected chi connectivity index (χ0v) is 11.0. The van der Waals surface area contributed by atoms with Gasteiger partial charge in [0.2, 0.25) is 0 Å². The van der Waals surface area contributed by atoms with E-state index < -0.39 is 11.2 Å². The van der Waals surface area contributed by atoms with Crippen molar-refractivity contribution in [2.45, 2.75) is 19.9 Å². The fourth-order valence-corrected chi connectivity index (χ4v) is 1.73. The summed E-state index contributed by atoms with van der Waals surface area (Å²) in [4.78, 5) is 27.4. The van der Waals surface area contributed by atoms with Crippen LogP contribution in [0.1, 0.15) is 13.3 Å². The Bertz CT molecular complexity index is 506. The third-order valence-corrected chi connectivity index (χ3v) is 2.67. The molecule has 1 rings (SSSR count). The zero-order chi connectivity index (χ0) is 13.7. The minimum absolute atomic E-state index is 0.198. The zero-order valence-electron chi connectivity index (χ0n) is 11.0. The smallest absolute Gasteiger partial charge is 0.330 e. The van der Waals surface area contributed by atoms with Gasteiger partial charge in [-0.2, -0.15) is 0 Å². The Labute approximate surface area is 105 Å². The molecule has 0 unspecified atom stereocenters. The summed E-state index contributed by atoms with van der Waals surface area (Å²) < 4.78 is 6.33. The molecule has 102 valence electrons. The predicted molar refractivity (Wildman–Crippen MR) is 71.2 cm³/mol. The molecule has 0 atom stereocenters. The standard InChI is InChI=1S/C11H20N4O3/c1-4-5-15-9(12)8(10(16)13-11(15)17)14(2)6-7-18-3/h4-7,12H2,1-3H3,(H,13,16,17). The molecular formula is C11H20N4O3. The van der Waals surface area contributed by atoms with E-state index in [-0.39, 0.29) is 5.82 Å².